The van der Waals surface area contributed by atoms with Crippen molar-refractivity contribution in [3.63, 3.8) is 0 Å². The molecular weight excluding hydrogens is 383 g/mol. The van der Waals surface area contributed by atoms with E-state index in [1.807, 2.05) is 54.6 Å². The molecule has 3 aromatic carbocycles. The molecule has 1 aliphatic heterocycles. The normalized spacial score (nSPS) is 15.9. The summed E-state index contributed by atoms with van der Waals surface area (Å²) in [4.78, 5) is 15.0. The molecule has 136 valence electrons. The number of hydrogen-bond donors (Lipinski definition) is 1. The number of hydrogen-bond acceptors (Lipinski definition) is 3. The first kappa shape index (κ1) is 17.7. The van der Waals surface area contributed by atoms with Crippen LogP contribution in [0.15, 0.2) is 66.7 Å². The Morgan fingerprint density at radius 1 is 0.963 bits per heavy atom. The first-order valence-electron chi connectivity index (χ1n) is 8.37. The largest absolute Gasteiger partial charge is 0.497 e. The average molecular weight is 399 g/mol. The van der Waals surface area contributed by atoms with E-state index in [4.69, 9.17) is 27.9 Å². The van der Waals surface area contributed by atoms with Crippen molar-refractivity contribution >= 4 is 40.5 Å². The molecule has 1 amide bonds. The molecule has 0 fully saturated rings. The summed E-state index contributed by atoms with van der Waals surface area (Å²) in [6, 6.07) is 20.2. The van der Waals surface area contributed by atoms with Crippen molar-refractivity contribution in [2.24, 2.45) is 0 Å². The Morgan fingerprint density at radius 3 is 2.44 bits per heavy atom. The monoisotopic (exact) mass is 398 g/mol. The Hall–Kier alpha value is -2.69. The zero-order valence-electron chi connectivity index (χ0n) is 14.4. The third kappa shape index (κ3) is 3.11. The van der Waals surface area contributed by atoms with Gasteiger partial charge in [-0.1, -0.05) is 47.5 Å². The van der Waals surface area contributed by atoms with Crippen LogP contribution in [0, 0.1) is 0 Å². The van der Waals surface area contributed by atoms with Gasteiger partial charge in [-0.3, -0.25) is 9.69 Å². The highest BCUT2D eigenvalue weighted by atomic mass is 35.5. The van der Waals surface area contributed by atoms with Crippen molar-refractivity contribution < 1.29 is 9.53 Å². The standard InChI is InChI=1S/C21H16Cl2N2O2/c1-27-14-11-9-13(10-12-14)25-20(16-6-4-7-17(22)19(16)23)24-18-8-3-2-5-15(18)21(25)26/h2-12,20,24H,1H3. The number of nitrogens with one attached hydrogen (secondary N) is 1. The minimum absolute atomic E-state index is 0.115. The molecule has 0 radical (unpaired) electrons. The summed E-state index contributed by atoms with van der Waals surface area (Å²) in [5.74, 6) is 0.601. The number of ether oxygens (including phenoxy) is 1. The van der Waals surface area contributed by atoms with Gasteiger partial charge in [-0.2, -0.15) is 0 Å². The molecule has 0 aromatic heterocycles. The fraction of sp³-hybridized carbons (Fsp3) is 0.0952. The van der Waals surface area contributed by atoms with E-state index in [0.717, 1.165) is 16.9 Å². The van der Waals surface area contributed by atoms with E-state index < -0.39 is 6.17 Å². The lowest BCUT2D eigenvalue weighted by molar-refractivity contribution is 0.0975. The van der Waals surface area contributed by atoms with Crippen LogP contribution in [0.25, 0.3) is 0 Å². The van der Waals surface area contributed by atoms with Gasteiger partial charge in [-0.15, -0.1) is 0 Å². The Labute approximate surface area is 167 Å². The molecular formula is C21H16Cl2N2O2. The van der Waals surface area contributed by atoms with Crippen molar-refractivity contribution in [3.05, 3.63) is 87.9 Å². The zero-order chi connectivity index (χ0) is 19.0. The number of anilines is 2. The van der Waals surface area contributed by atoms with E-state index in [-0.39, 0.29) is 5.91 Å². The van der Waals surface area contributed by atoms with Gasteiger partial charge in [-0.25, -0.2) is 0 Å². The summed E-state index contributed by atoms with van der Waals surface area (Å²) in [6.45, 7) is 0. The SMILES string of the molecule is COc1ccc(N2C(=O)c3ccccc3NC2c2cccc(Cl)c2Cl)cc1. The maximum absolute atomic E-state index is 13.3. The van der Waals surface area contributed by atoms with Crippen molar-refractivity contribution in [3.8, 4) is 5.75 Å². The lowest BCUT2D eigenvalue weighted by Gasteiger charge is -2.38. The van der Waals surface area contributed by atoms with Gasteiger partial charge in [0.1, 0.15) is 11.9 Å². The van der Waals surface area contributed by atoms with Gasteiger partial charge >= 0.3 is 0 Å². The van der Waals surface area contributed by atoms with Crippen molar-refractivity contribution in [2.75, 3.05) is 17.3 Å². The summed E-state index contributed by atoms with van der Waals surface area (Å²) in [5.41, 5.74) is 2.81. The lowest BCUT2D eigenvalue weighted by Crippen LogP contribution is -2.43. The molecule has 0 spiro atoms. The number of nitrogens with zero attached hydrogens (tertiary/aromatic N) is 1. The molecule has 0 bridgehead atoms. The second-order valence-corrected chi connectivity index (χ2v) is 6.89. The summed E-state index contributed by atoms with van der Waals surface area (Å²) >= 11 is 12.7. The van der Waals surface area contributed by atoms with Gasteiger partial charge in [0.2, 0.25) is 0 Å². The van der Waals surface area contributed by atoms with Gasteiger partial charge < -0.3 is 10.1 Å². The molecule has 4 nitrogen and oxygen atoms in total. The number of fused-ring (bicyclic) bond motifs is 1. The fourth-order valence-corrected chi connectivity index (χ4v) is 3.62. The number of benzene rings is 3. The molecule has 3 aromatic rings. The van der Waals surface area contributed by atoms with Crippen LogP contribution in [0.3, 0.4) is 0 Å². The van der Waals surface area contributed by atoms with Gasteiger partial charge in [0, 0.05) is 16.9 Å². The number of amides is 1. The molecule has 6 heteroatoms. The summed E-state index contributed by atoms with van der Waals surface area (Å²) < 4.78 is 5.23. The van der Waals surface area contributed by atoms with E-state index in [1.54, 1.807) is 24.1 Å². The van der Waals surface area contributed by atoms with E-state index >= 15 is 0 Å². The van der Waals surface area contributed by atoms with Crippen LogP contribution < -0.4 is 15.0 Å². The predicted octanol–water partition coefficient (Wildman–Crippen LogP) is 5.77. The third-order valence-corrected chi connectivity index (χ3v) is 5.39. The molecule has 0 aliphatic carbocycles. The van der Waals surface area contributed by atoms with E-state index in [9.17, 15) is 4.79 Å². The van der Waals surface area contributed by atoms with Crippen LogP contribution in [0.5, 0.6) is 5.75 Å². The smallest absolute Gasteiger partial charge is 0.262 e. The Morgan fingerprint density at radius 2 is 1.70 bits per heavy atom. The molecule has 1 atom stereocenters. The van der Waals surface area contributed by atoms with Gasteiger partial charge in [0.05, 0.1) is 22.7 Å². The minimum Gasteiger partial charge on any atom is -0.497 e. The van der Waals surface area contributed by atoms with E-state index in [1.165, 1.54) is 0 Å². The number of carbonyl (C=O) groups excluding carboxylic acids is 1. The second kappa shape index (κ2) is 7.14. The molecule has 1 heterocycles. The predicted molar refractivity (Wildman–Crippen MR) is 109 cm³/mol. The van der Waals surface area contributed by atoms with Gasteiger partial charge in [0.15, 0.2) is 0 Å². The second-order valence-electron chi connectivity index (χ2n) is 6.11. The molecule has 0 saturated carbocycles. The van der Waals surface area contributed by atoms with Crippen LogP contribution >= 0.6 is 23.2 Å². The summed E-state index contributed by atoms with van der Waals surface area (Å²) in [5, 5.41) is 4.28. The summed E-state index contributed by atoms with van der Waals surface area (Å²) in [7, 11) is 1.60. The number of halogens is 2. The van der Waals surface area contributed by atoms with Crippen LogP contribution in [-0.2, 0) is 0 Å². The third-order valence-electron chi connectivity index (χ3n) is 4.55. The summed E-state index contributed by atoms with van der Waals surface area (Å²) in [6.07, 6.45) is -0.494. The van der Waals surface area contributed by atoms with Crippen LogP contribution in [0.2, 0.25) is 10.0 Å². The van der Waals surface area contributed by atoms with Crippen LogP contribution in [0.1, 0.15) is 22.1 Å². The first-order chi connectivity index (χ1) is 13.1. The molecule has 1 aliphatic rings. The molecule has 4 rings (SSSR count). The van der Waals surface area contributed by atoms with Crippen molar-refractivity contribution in [2.45, 2.75) is 6.17 Å². The lowest BCUT2D eigenvalue weighted by atomic mass is 10.0. The molecule has 0 saturated heterocycles. The number of para-hydroxylation sites is 1. The Bertz CT molecular complexity index is 1010. The number of methoxy groups -OCH3 is 1. The number of carbonyl (C=O) groups is 1. The van der Waals surface area contributed by atoms with E-state index in [0.29, 0.717) is 21.4 Å². The van der Waals surface area contributed by atoms with Crippen LogP contribution in [0.4, 0.5) is 11.4 Å². The van der Waals surface area contributed by atoms with Gasteiger partial charge in [-0.05, 0) is 42.5 Å². The molecule has 1 N–H and O–H groups in total. The number of rotatable bonds is 3. The maximum atomic E-state index is 13.3. The average Bonchev–Trinajstić information content (AvgIpc) is 2.70. The maximum Gasteiger partial charge on any atom is 0.262 e. The van der Waals surface area contributed by atoms with Crippen molar-refractivity contribution in [1.82, 2.24) is 0 Å². The fourth-order valence-electron chi connectivity index (χ4n) is 3.21. The topological polar surface area (TPSA) is 41.6 Å². The van der Waals surface area contributed by atoms with Gasteiger partial charge in [0.25, 0.3) is 5.91 Å². The zero-order valence-corrected chi connectivity index (χ0v) is 16.0. The highest BCUT2D eigenvalue weighted by molar-refractivity contribution is 6.42. The Balaban J connectivity index is 1.87. The quantitative estimate of drug-likeness (QED) is 0.608. The first-order valence-corrected chi connectivity index (χ1v) is 9.13. The minimum atomic E-state index is -0.494. The highest BCUT2D eigenvalue weighted by Gasteiger charge is 2.35. The molecule has 27 heavy (non-hydrogen) atoms. The Kier molecular flexibility index (Phi) is 4.68. The van der Waals surface area contributed by atoms with Crippen LogP contribution in [-0.4, -0.2) is 13.0 Å². The molecule has 1 unspecified atom stereocenters. The van der Waals surface area contributed by atoms with E-state index in [2.05, 4.69) is 5.32 Å². The highest BCUT2D eigenvalue weighted by Crippen LogP contribution is 2.40. The van der Waals surface area contributed by atoms with Crippen molar-refractivity contribution in [1.29, 1.82) is 0 Å².